The van der Waals surface area contributed by atoms with Crippen molar-refractivity contribution >= 4 is 10.0 Å². The molecule has 3 fully saturated rings. The van der Waals surface area contributed by atoms with E-state index in [-0.39, 0.29) is 5.03 Å². The van der Waals surface area contributed by atoms with Gasteiger partial charge in [-0.1, -0.05) is 36.8 Å². The molecule has 1 aromatic carbocycles. The molecule has 4 heterocycles. The number of hydrogen-bond donors (Lipinski definition) is 0. The monoisotopic (exact) mass is 539 g/mol. The van der Waals surface area contributed by atoms with E-state index in [1.54, 1.807) is 17.4 Å². The molecular formula is C26H37N9O2S. The van der Waals surface area contributed by atoms with E-state index in [1.165, 1.54) is 30.1 Å². The molecule has 0 unspecified atom stereocenters. The number of piperidine rings is 1. The minimum atomic E-state index is -3.63. The van der Waals surface area contributed by atoms with Crippen molar-refractivity contribution in [1.82, 2.24) is 44.1 Å². The van der Waals surface area contributed by atoms with Gasteiger partial charge in [0.15, 0.2) is 10.9 Å². The van der Waals surface area contributed by atoms with Crippen LogP contribution in [0.25, 0.3) is 0 Å². The van der Waals surface area contributed by atoms with Gasteiger partial charge in [0.2, 0.25) is 0 Å². The zero-order chi connectivity index (χ0) is 26.2. The van der Waals surface area contributed by atoms with Crippen molar-refractivity contribution < 1.29 is 8.42 Å². The molecule has 2 aliphatic heterocycles. The zero-order valence-electron chi connectivity index (χ0n) is 22.1. The summed E-state index contributed by atoms with van der Waals surface area (Å²) in [6, 6.07) is 12.5. The molecule has 38 heavy (non-hydrogen) atoms. The molecule has 0 N–H and O–H groups in total. The molecule has 204 valence electrons. The number of sulfonamides is 1. The van der Waals surface area contributed by atoms with E-state index >= 15 is 0 Å². The topological polar surface area (TPSA) is 105 Å². The molecule has 6 rings (SSSR count). The van der Waals surface area contributed by atoms with Crippen LogP contribution in [0.5, 0.6) is 0 Å². The quantitative estimate of drug-likeness (QED) is 0.447. The lowest BCUT2D eigenvalue weighted by Crippen LogP contribution is -2.56. The minimum Gasteiger partial charge on any atom is -0.299 e. The molecule has 2 aromatic heterocycles. The van der Waals surface area contributed by atoms with Gasteiger partial charge in [-0.3, -0.25) is 14.5 Å². The second-order valence-electron chi connectivity index (χ2n) is 10.8. The number of benzene rings is 1. The second-order valence-corrected chi connectivity index (χ2v) is 12.7. The lowest BCUT2D eigenvalue weighted by molar-refractivity contribution is 0.0254. The first-order valence-corrected chi connectivity index (χ1v) is 15.2. The Balaban J connectivity index is 1.30. The molecule has 12 heteroatoms. The van der Waals surface area contributed by atoms with Crippen LogP contribution < -0.4 is 0 Å². The van der Waals surface area contributed by atoms with Gasteiger partial charge in [0.25, 0.3) is 10.0 Å². The van der Waals surface area contributed by atoms with Crippen molar-refractivity contribution in [1.29, 1.82) is 0 Å². The number of aryl methyl sites for hydroxylation is 1. The van der Waals surface area contributed by atoms with Gasteiger partial charge in [-0.15, -0.1) is 5.10 Å². The first-order chi connectivity index (χ1) is 18.5. The summed E-state index contributed by atoms with van der Waals surface area (Å²) in [5, 5.41) is 17.5. The SMILES string of the molecule is Cn1nccc1S(=O)(=O)N1CCC(c2nnnn2Cc2ccccc2)(N2CCCN(C3CCC3)CC2)CC1. The highest BCUT2D eigenvalue weighted by Crippen LogP contribution is 2.40. The Kier molecular flexibility index (Phi) is 7.06. The van der Waals surface area contributed by atoms with Crippen LogP contribution in [0.3, 0.4) is 0 Å². The summed E-state index contributed by atoms with van der Waals surface area (Å²) < 4.78 is 31.9. The molecule has 11 nitrogen and oxygen atoms in total. The normalized spacial score (nSPS) is 22.2. The molecular weight excluding hydrogens is 502 g/mol. The maximum Gasteiger partial charge on any atom is 0.260 e. The highest BCUT2D eigenvalue weighted by atomic mass is 32.2. The Labute approximate surface area is 224 Å². The van der Waals surface area contributed by atoms with Gasteiger partial charge in [0.05, 0.1) is 18.3 Å². The van der Waals surface area contributed by atoms with E-state index < -0.39 is 15.6 Å². The Morgan fingerprint density at radius 3 is 2.42 bits per heavy atom. The van der Waals surface area contributed by atoms with Gasteiger partial charge in [-0.2, -0.15) is 9.40 Å². The van der Waals surface area contributed by atoms with Gasteiger partial charge in [-0.05, 0) is 60.7 Å². The number of aromatic nitrogens is 6. The van der Waals surface area contributed by atoms with E-state index in [4.69, 9.17) is 0 Å². The lowest BCUT2D eigenvalue weighted by Gasteiger charge is -2.47. The number of rotatable bonds is 7. The second kappa shape index (κ2) is 10.5. The standard InChI is InChI=1S/C26H37N9O2S/c1-31-24(11-14-27-31)38(36,37)34-17-12-26(13-18-34,33-16-6-15-32(19-20-33)23-9-5-10-23)25-28-29-30-35(25)21-22-7-3-2-4-8-22/h2-4,7-8,11,14,23H,5-6,9-10,12-13,15-21H2,1H3. The predicted molar refractivity (Wildman–Crippen MR) is 142 cm³/mol. The third-order valence-corrected chi connectivity index (χ3v) is 10.8. The van der Waals surface area contributed by atoms with Crippen LogP contribution in [0, 0.1) is 0 Å². The Morgan fingerprint density at radius 2 is 1.74 bits per heavy atom. The molecule has 0 atom stereocenters. The van der Waals surface area contributed by atoms with E-state index in [1.807, 2.05) is 22.9 Å². The van der Waals surface area contributed by atoms with Crippen LogP contribution in [-0.4, -0.2) is 97.8 Å². The highest BCUT2D eigenvalue weighted by Gasteiger charge is 2.48. The average Bonchev–Trinajstić information content (AvgIpc) is 3.47. The van der Waals surface area contributed by atoms with Crippen LogP contribution in [0.4, 0.5) is 0 Å². The first kappa shape index (κ1) is 25.6. The summed E-state index contributed by atoms with van der Waals surface area (Å²) >= 11 is 0. The fourth-order valence-electron chi connectivity index (χ4n) is 6.41. The van der Waals surface area contributed by atoms with Gasteiger partial charge in [0.1, 0.15) is 0 Å². The summed E-state index contributed by atoms with van der Waals surface area (Å²) in [5.41, 5.74) is 0.714. The van der Waals surface area contributed by atoms with E-state index in [2.05, 4.69) is 42.6 Å². The minimum absolute atomic E-state index is 0.227. The van der Waals surface area contributed by atoms with Gasteiger partial charge < -0.3 is 0 Å². The summed E-state index contributed by atoms with van der Waals surface area (Å²) in [5.74, 6) is 0.844. The van der Waals surface area contributed by atoms with Crippen LogP contribution in [0.1, 0.15) is 49.9 Å². The molecule has 0 bridgehead atoms. The smallest absolute Gasteiger partial charge is 0.260 e. The Bertz CT molecular complexity index is 1330. The van der Waals surface area contributed by atoms with Gasteiger partial charge >= 0.3 is 0 Å². The van der Waals surface area contributed by atoms with Crippen molar-refractivity contribution in [2.24, 2.45) is 7.05 Å². The third-order valence-electron chi connectivity index (χ3n) is 8.78. The molecule has 3 aromatic rings. The number of nitrogens with zero attached hydrogens (tertiary/aromatic N) is 9. The Hall–Kier alpha value is -2.67. The number of tetrazole rings is 1. The van der Waals surface area contributed by atoms with E-state index in [0.29, 0.717) is 32.5 Å². The van der Waals surface area contributed by atoms with Gasteiger partial charge in [0, 0.05) is 45.8 Å². The van der Waals surface area contributed by atoms with Crippen LogP contribution >= 0.6 is 0 Å². The highest BCUT2D eigenvalue weighted by molar-refractivity contribution is 7.89. The maximum absolute atomic E-state index is 13.5. The van der Waals surface area contributed by atoms with Crippen molar-refractivity contribution in [2.45, 2.75) is 61.7 Å². The number of hydrogen-bond acceptors (Lipinski definition) is 8. The van der Waals surface area contributed by atoms with E-state index in [9.17, 15) is 8.42 Å². The zero-order valence-corrected chi connectivity index (χ0v) is 22.9. The van der Waals surface area contributed by atoms with Crippen molar-refractivity contribution in [2.75, 3.05) is 39.3 Å². The summed E-state index contributed by atoms with van der Waals surface area (Å²) in [4.78, 5) is 5.22. The van der Waals surface area contributed by atoms with Crippen LogP contribution in [-0.2, 0) is 29.2 Å². The van der Waals surface area contributed by atoms with Crippen LogP contribution in [0.15, 0.2) is 47.6 Å². The van der Waals surface area contributed by atoms with Crippen LogP contribution in [0.2, 0.25) is 0 Å². The van der Waals surface area contributed by atoms with Crippen molar-refractivity contribution in [3.63, 3.8) is 0 Å². The lowest BCUT2D eigenvalue weighted by atomic mass is 9.85. The van der Waals surface area contributed by atoms with E-state index in [0.717, 1.165) is 50.0 Å². The molecule has 3 aliphatic rings. The summed E-state index contributed by atoms with van der Waals surface area (Å²) in [7, 11) is -1.96. The maximum atomic E-state index is 13.5. The molecule has 2 saturated heterocycles. The van der Waals surface area contributed by atoms with Crippen molar-refractivity contribution in [3.05, 3.63) is 54.0 Å². The predicted octanol–water partition coefficient (Wildman–Crippen LogP) is 1.70. The fourth-order valence-corrected chi connectivity index (χ4v) is 7.95. The molecule has 0 spiro atoms. The first-order valence-electron chi connectivity index (χ1n) is 13.8. The Morgan fingerprint density at radius 1 is 0.947 bits per heavy atom. The fraction of sp³-hybridized carbons (Fsp3) is 0.615. The largest absolute Gasteiger partial charge is 0.299 e. The summed E-state index contributed by atoms with van der Waals surface area (Å²) in [6.07, 6.45) is 7.86. The third kappa shape index (κ3) is 4.67. The van der Waals surface area contributed by atoms with Gasteiger partial charge in [-0.25, -0.2) is 13.1 Å². The molecule has 1 aliphatic carbocycles. The molecule has 0 amide bonds. The molecule has 0 radical (unpaired) electrons. The summed E-state index contributed by atoms with van der Waals surface area (Å²) in [6.45, 7) is 5.45. The average molecular weight is 540 g/mol. The van der Waals surface area contributed by atoms with Crippen molar-refractivity contribution in [3.8, 4) is 0 Å². The molecule has 1 saturated carbocycles.